The Morgan fingerprint density at radius 3 is 1.75 bits per heavy atom. The number of anilines is 2. The van der Waals surface area contributed by atoms with Gasteiger partial charge in [-0.3, -0.25) is 4.79 Å². The number of nitrogens with one attached hydrogen (secondary N) is 2. The van der Waals surface area contributed by atoms with Gasteiger partial charge in [-0.2, -0.15) is 0 Å². The van der Waals surface area contributed by atoms with Gasteiger partial charge in [-0.15, -0.1) is 12.4 Å². The van der Waals surface area contributed by atoms with Crippen molar-refractivity contribution in [3.63, 3.8) is 0 Å². The molecule has 0 aliphatic heterocycles. The molecule has 0 fully saturated rings. The van der Waals surface area contributed by atoms with Crippen LogP contribution in [0, 0.1) is 0 Å². The lowest BCUT2D eigenvalue weighted by molar-refractivity contribution is -0.114. The number of hydrogen-bond donors (Lipinski definition) is 4. The largest absolute Gasteiger partial charge is 0.507 e. The Morgan fingerprint density at radius 2 is 1.18 bits per heavy atom. The number of amides is 1. The highest BCUT2D eigenvalue weighted by Gasteiger charge is 2.12. The van der Waals surface area contributed by atoms with Crippen molar-refractivity contribution in [3.8, 4) is 5.75 Å². The highest BCUT2D eigenvalue weighted by Crippen LogP contribution is 2.43. The fourth-order valence-electron chi connectivity index (χ4n) is 4.54. The molecule has 7 aromatic rings. The van der Waals surface area contributed by atoms with Gasteiger partial charge in [0.25, 0.3) is 0 Å². The predicted molar refractivity (Wildman–Crippen MR) is 248 cm³/mol. The third kappa shape index (κ3) is 13.5. The standard InChI is InChI=1S/C14H10Cl3NOS.C13H7Cl3N2S.C12H9Cl2NOS.ClH/c1-8(19)18-9-5-6-12(11(16)7-9)20-13-4-2-3-10(15)14(13)17;14-7-1-2-12(8(15)3-7)19-13-5-11-10(4-9(13)16)17-6-18-11;13-8-2-1-3-11(12(8)14)17-10-5-4-7(15)6-9(10)16;/h2-7H,1H3,(H,18,19);1-6H,(H,17,18);1-6,16H,15H2;1H. The Balaban J connectivity index is 0.000000188. The van der Waals surface area contributed by atoms with Crippen LogP contribution in [0.2, 0.25) is 40.2 Å². The molecular weight excluding hydrogens is 972 g/mol. The Bertz CT molecular complexity index is 2530. The van der Waals surface area contributed by atoms with Crippen molar-refractivity contribution >= 4 is 169 Å². The van der Waals surface area contributed by atoms with Crippen LogP contribution < -0.4 is 11.1 Å². The summed E-state index contributed by atoms with van der Waals surface area (Å²) in [4.78, 5) is 23.2. The van der Waals surface area contributed by atoms with E-state index in [-0.39, 0.29) is 24.1 Å². The number of nitrogen functional groups attached to an aromatic ring is 1. The molecule has 1 amide bonds. The first-order valence-electron chi connectivity index (χ1n) is 15.8. The number of hydrogen-bond acceptors (Lipinski definition) is 7. The molecular formula is C39H27Cl9N4O2S3. The fourth-order valence-corrected chi connectivity index (χ4v) is 9.20. The molecule has 6 aromatic carbocycles. The average Bonchev–Trinajstić information content (AvgIpc) is 3.59. The van der Waals surface area contributed by atoms with Crippen LogP contribution in [0.25, 0.3) is 11.0 Å². The van der Waals surface area contributed by atoms with Crippen molar-refractivity contribution in [2.24, 2.45) is 0 Å². The van der Waals surface area contributed by atoms with Gasteiger partial charge in [0.15, 0.2) is 0 Å². The van der Waals surface area contributed by atoms with E-state index in [4.69, 9.17) is 98.5 Å². The van der Waals surface area contributed by atoms with Crippen molar-refractivity contribution < 1.29 is 9.90 Å². The molecule has 1 heterocycles. The van der Waals surface area contributed by atoms with E-state index < -0.39 is 0 Å². The zero-order valence-electron chi connectivity index (χ0n) is 28.9. The molecule has 0 saturated carbocycles. The number of nitrogens with two attached hydrogens (primary N) is 1. The van der Waals surface area contributed by atoms with E-state index >= 15 is 0 Å². The Hall–Kier alpha value is -2.48. The number of rotatable bonds is 7. The number of phenolic OH excluding ortho intramolecular Hbond substituents is 1. The number of phenols is 1. The van der Waals surface area contributed by atoms with Gasteiger partial charge in [0.05, 0.1) is 57.4 Å². The maximum absolute atomic E-state index is 11.0. The zero-order chi connectivity index (χ0) is 40.5. The molecule has 7 rings (SSSR count). The number of aromatic amines is 1. The summed E-state index contributed by atoms with van der Waals surface area (Å²) >= 11 is 52.9. The number of benzene rings is 6. The first-order chi connectivity index (χ1) is 26.7. The Labute approximate surface area is 387 Å². The summed E-state index contributed by atoms with van der Waals surface area (Å²) in [5, 5.41) is 16.8. The summed E-state index contributed by atoms with van der Waals surface area (Å²) in [6.45, 7) is 1.45. The zero-order valence-corrected chi connectivity index (χ0v) is 38.2. The maximum Gasteiger partial charge on any atom is 0.221 e. The minimum absolute atomic E-state index is 0. The number of fused-ring (bicyclic) bond motifs is 1. The quantitative estimate of drug-likeness (QED) is 0.118. The van der Waals surface area contributed by atoms with E-state index in [1.54, 1.807) is 54.9 Å². The number of nitrogens with zero attached hydrogens (tertiary/aromatic N) is 1. The number of imidazole rings is 1. The van der Waals surface area contributed by atoms with E-state index in [0.29, 0.717) is 56.5 Å². The second kappa shape index (κ2) is 22.2. The number of carbonyl (C=O) groups is 1. The summed E-state index contributed by atoms with van der Waals surface area (Å²) in [5.74, 6) is -0.00889. The Kier molecular flexibility index (Phi) is 18.4. The van der Waals surface area contributed by atoms with Crippen LogP contribution in [0.15, 0.2) is 139 Å². The van der Waals surface area contributed by atoms with Gasteiger partial charge in [-0.05, 0) is 84.9 Å². The van der Waals surface area contributed by atoms with Crippen LogP contribution in [-0.2, 0) is 4.79 Å². The van der Waals surface area contributed by atoms with Crippen molar-refractivity contribution in [1.82, 2.24) is 9.97 Å². The van der Waals surface area contributed by atoms with Crippen LogP contribution in [0.5, 0.6) is 5.75 Å². The van der Waals surface area contributed by atoms with Crippen molar-refractivity contribution in [3.05, 3.63) is 150 Å². The first kappa shape index (κ1) is 47.2. The van der Waals surface area contributed by atoms with Gasteiger partial charge in [0.2, 0.25) is 5.91 Å². The van der Waals surface area contributed by atoms with Crippen LogP contribution in [0.3, 0.4) is 0 Å². The van der Waals surface area contributed by atoms with Gasteiger partial charge >= 0.3 is 0 Å². The summed E-state index contributed by atoms with van der Waals surface area (Å²) in [5.41, 5.74) is 8.52. The second-order valence-electron chi connectivity index (χ2n) is 11.2. The maximum atomic E-state index is 11.0. The number of halogens is 9. The lowest BCUT2D eigenvalue weighted by Gasteiger charge is -2.09. The van der Waals surface area contributed by atoms with E-state index in [2.05, 4.69) is 15.3 Å². The molecule has 0 aliphatic carbocycles. The van der Waals surface area contributed by atoms with Crippen LogP contribution in [-0.4, -0.2) is 21.0 Å². The predicted octanol–water partition coefficient (Wildman–Crippen LogP) is 16.3. The smallest absolute Gasteiger partial charge is 0.221 e. The molecule has 0 spiro atoms. The van der Waals surface area contributed by atoms with E-state index in [1.807, 2.05) is 48.5 Å². The third-order valence-electron chi connectivity index (χ3n) is 7.10. The number of H-pyrrole nitrogens is 1. The second-order valence-corrected chi connectivity index (χ2v) is 17.7. The third-order valence-corrected chi connectivity index (χ3v) is 13.9. The topological polar surface area (TPSA) is 104 Å². The van der Waals surface area contributed by atoms with E-state index in [0.717, 1.165) is 35.5 Å². The molecule has 0 atom stereocenters. The van der Waals surface area contributed by atoms with Gasteiger partial charge in [-0.1, -0.05) is 140 Å². The SMILES string of the molecule is CC(=O)Nc1ccc(Sc2cccc(Cl)c2Cl)c(Cl)c1.Cl.Clc1ccc(Sc2cc3nc[nH]c3cc2Cl)c(Cl)c1.Nc1ccc(Sc2cccc(Cl)c2Cl)c(O)c1. The molecule has 57 heavy (non-hydrogen) atoms. The summed E-state index contributed by atoms with van der Waals surface area (Å²) in [6.07, 6.45) is 1.64. The molecule has 0 radical (unpaired) electrons. The van der Waals surface area contributed by atoms with Crippen LogP contribution in [0.1, 0.15) is 6.92 Å². The van der Waals surface area contributed by atoms with Gasteiger partial charge in [0, 0.05) is 53.9 Å². The van der Waals surface area contributed by atoms with Gasteiger partial charge in [0.1, 0.15) is 5.75 Å². The highest BCUT2D eigenvalue weighted by molar-refractivity contribution is 8.00. The van der Waals surface area contributed by atoms with Gasteiger partial charge in [-0.25, -0.2) is 4.98 Å². The van der Waals surface area contributed by atoms with Crippen molar-refractivity contribution in [2.75, 3.05) is 11.1 Å². The van der Waals surface area contributed by atoms with Gasteiger partial charge < -0.3 is 21.1 Å². The number of carbonyl (C=O) groups excluding carboxylic acids is 1. The minimum Gasteiger partial charge on any atom is -0.507 e. The van der Waals surface area contributed by atoms with Crippen LogP contribution in [0.4, 0.5) is 11.4 Å². The minimum atomic E-state index is -0.139. The molecule has 0 unspecified atom stereocenters. The monoisotopic (exact) mass is 994 g/mol. The highest BCUT2D eigenvalue weighted by atomic mass is 35.5. The average molecular weight is 999 g/mol. The lowest BCUT2D eigenvalue weighted by Crippen LogP contribution is -2.05. The molecule has 0 aliphatic rings. The molecule has 6 nitrogen and oxygen atoms in total. The van der Waals surface area contributed by atoms with Crippen LogP contribution >= 0.6 is 141 Å². The molecule has 18 heteroatoms. The summed E-state index contributed by atoms with van der Waals surface area (Å²) in [7, 11) is 0. The molecule has 0 saturated heterocycles. The first-order valence-corrected chi connectivity index (χ1v) is 21.3. The summed E-state index contributed by atoms with van der Waals surface area (Å²) in [6, 6.07) is 30.3. The fraction of sp³-hybridized carbons (Fsp3) is 0.0256. The molecule has 5 N–H and O–H groups in total. The lowest BCUT2D eigenvalue weighted by atomic mass is 10.3. The van der Waals surface area contributed by atoms with E-state index in [1.165, 1.54) is 48.3 Å². The van der Waals surface area contributed by atoms with Crippen molar-refractivity contribution in [2.45, 2.75) is 36.3 Å². The summed E-state index contributed by atoms with van der Waals surface area (Å²) < 4.78 is 0. The molecule has 0 bridgehead atoms. The Morgan fingerprint density at radius 1 is 0.632 bits per heavy atom. The molecule has 1 aromatic heterocycles. The normalized spacial score (nSPS) is 10.5. The molecule has 296 valence electrons. The van der Waals surface area contributed by atoms with E-state index in [9.17, 15) is 9.90 Å². The van der Waals surface area contributed by atoms with Crippen molar-refractivity contribution in [1.29, 1.82) is 0 Å². The number of aromatic nitrogens is 2. The number of aromatic hydroxyl groups is 1.